The van der Waals surface area contributed by atoms with Gasteiger partial charge in [0, 0.05) is 37.1 Å². The number of aromatic amines is 2. The normalized spacial score (nSPS) is 14.2. The highest BCUT2D eigenvalue weighted by atomic mass is 35.5. The monoisotopic (exact) mass is 485 g/mol. The molecule has 0 spiro atoms. The number of aromatic nitrogens is 3. The van der Waals surface area contributed by atoms with Gasteiger partial charge in [0.2, 0.25) is 5.91 Å². The summed E-state index contributed by atoms with van der Waals surface area (Å²) in [5.41, 5.74) is -0.437. The molecule has 34 heavy (non-hydrogen) atoms. The summed E-state index contributed by atoms with van der Waals surface area (Å²) < 4.78 is 30.4. The summed E-state index contributed by atoms with van der Waals surface area (Å²) in [5.74, 6) is -2.45. The topological polar surface area (TPSA) is 105 Å². The van der Waals surface area contributed by atoms with Crippen LogP contribution in [0.4, 0.5) is 14.5 Å². The van der Waals surface area contributed by atoms with Crippen molar-refractivity contribution < 1.29 is 18.7 Å². The number of rotatable bonds is 3. The van der Waals surface area contributed by atoms with E-state index in [-0.39, 0.29) is 33.2 Å². The van der Waals surface area contributed by atoms with E-state index < -0.39 is 23.1 Å². The molecule has 0 atom stereocenters. The summed E-state index contributed by atoms with van der Waals surface area (Å²) >= 11 is 6.43. The number of anilines is 1. The molecule has 1 fully saturated rings. The number of nitrogens with zero attached hydrogens (tertiary/aromatic N) is 3. The van der Waals surface area contributed by atoms with Crippen LogP contribution in [-0.4, -0.2) is 57.0 Å². The van der Waals surface area contributed by atoms with Crippen molar-refractivity contribution in [2.24, 2.45) is 0 Å². The van der Waals surface area contributed by atoms with Crippen LogP contribution in [-0.2, 0) is 4.79 Å². The minimum absolute atomic E-state index is 0.113. The average Bonchev–Trinajstić information content (AvgIpc) is 3.19. The van der Waals surface area contributed by atoms with Crippen LogP contribution in [0.2, 0.25) is 5.02 Å². The Morgan fingerprint density at radius 2 is 1.91 bits per heavy atom. The number of hydrogen-bond acceptors (Lipinski definition) is 5. The van der Waals surface area contributed by atoms with Crippen molar-refractivity contribution in [2.45, 2.75) is 0 Å². The lowest BCUT2D eigenvalue weighted by Gasteiger charge is -2.36. The third-order valence-electron chi connectivity index (χ3n) is 5.94. The molecule has 4 aromatic rings. The van der Waals surface area contributed by atoms with Gasteiger partial charge in [0.1, 0.15) is 22.6 Å². The lowest BCUT2D eigenvalue weighted by Crippen LogP contribution is -2.48. The van der Waals surface area contributed by atoms with Gasteiger partial charge in [-0.3, -0.25) is 9.78 Å². The molecule has 1 amide bonds. The summed E-state index contributed by atoms with van der Waals surface area (Å²) in [5, 5.41) is 10.4. The van der Waals surface area contributed by atoms with Gasteiger partial charge in [0.25, 0.3) is 0 Å². The number of benzene rings is 2. The summed E-state index contributed by atoms with van der Waals surface area (Å²) in [6, 6.07) is 5.05. The van der Waals surface area contributed by atoms with Gasteiger partial charge in [-0.2, -0.15) is 0 Å². The third kappa shape index (κ3) is 3.38. The lowest BCUT2D eigenvalue weighted by molar-refractivity contribution is -0.126. The van der Waals surface area contributed by atoms with Crippen LogP contribution < -0.4 is 10.6 Å². The molecule has 2 aromatic carbocycles. The van der Waals surface area contributed by atoms with Crippen molar-refractivity contribution in [3.05, 3.63) is 64.1 Å². The van der Waals surface area contributed by atoms with Crippen molar-refractivity contribution in [3.63, 3.8) is 0 Å². The van der Waals surface area contributed by atoms with Crippen LogP contribution >= 0.6 is 11.6 Å². The number of carbonyl (C=O) groups is 1. The summed E-state index contributed by atoms with van der Waals surface area (Å²) in [6.45, 7) is 5.08. The SMILES string of the molecule is C=CC(=O)N1CCN(c2c3cc(Cl)c(-c4c(O)cccc4F)c(F)c3nc3[nH]c(=O)[nH]c23)CC1. The first-order valence-corrected chi connectivity index (χ1v) is 10.8. The minimum atomic E-state index is -0.937. The van der Waals surface area contributed by atoms with Gasteiger partial charge in [0.15, 0.2) is 11.5 Å². The molecule has 1 aliphatic heterocycles. The zero-order valence-corrected chi connectivity index (χ0v) is 18.4. The molecule has 174 valence electrons. The first-order valence-electron chi connectivity index (χ1n) is 10.4. The van der Waals surface area contributed by atoms with Gasteiger partial charge >= 0.3 is 5.69 Å². The number of imidazole rings is 1. The van der Waals surface area contributed by atoms with Gasteiger partial charge in [-0.25, -0.2) is 18.6 Å². The highest BCUT2D eigenvalue weighted by Gasteiger charge is 2.28. The first-order chi connectivity index (χ1) is 16.3. The number of halogens is 3. The number of H-pyrrole nitrogens is 2. The summed E-state index contributed by atoms with van der Waals surface area (Å²) in [7, 11) is 0. The van der Waals surface area contributed by atoms with Crippen molar-refractivity contribution in [3.8, 4) is 16.9 Å². The fraction of sp³-hybridized carbons (Fsp3) is 0.174. The second-order valence-electron chi connectivity index (χ2n) is 7.86. The molecule has 1 aliphatic rings. The van der Waals surface area contributed by atoms with Crippen LogP contribution in [0.15, 0.2) is 41.7 Å². The Balaban J connectivity index is 1.75. The smallest absolute Gasteiger partial charge is 0.325 e. The van der Waals surface area contributed by atoms with E-state index in [1.165, 1.54) is 24.3 Å². The number of phenolic OH excluding ortho intramolecular Hbond substituents is 1. The van der Waals surface area contributed by atoms with Crippen molar-refractivity contribution in [2.75, 3.05) is 31.1 Å². The Hall–Kier alpha value is -3.92. The lowest BCUT2D eigenvalue weighted by atomic mass is 9.99. The highest BCUT2D eigenvalue weighted by molar-refractivity contribution is 6.34. The molecule has 1 saturated heterocycles. The summed E-state index contributed by atoms with van der Waals surface area (Å²) in [6.07, 6.45) is 1.24. The van der Waals surface area contributed by atoms with Gasteiger partial charge in [-0.05, 0) is 24.3 Å². The molecule has 0 bridgehead atoms. The van der Waals surface area contributed by atoms with E-state index in [2.05, 4.69) is 21.5 Å². The van der Waals surface area contributed by atoms with Crippen LogP contribution in [0, 0.1) is 11.6 Å². The molecule has 2 aromatic heterocycles. The number of fused-ring (bicyclic) bond motifs is 2. The van der Waals surface area contributed by atoms with Crippen LogP contribution in [0.3, 0.4) is 0 Å². The number of hydrogen-bond donors (Lipinski definition) is 3. The van der Waals surface area contributed by atoms with E-state index in [1.54, 1.807) is 4.90 Å². The van der Waals surface area contributed by atoms with Crippen molar-refractivity contribution in [1.29, 1.82) is 0 Å². The number of aromatic hydroxyl groups is 1. The fourth-order valence-electron chi connectivity index (χ4n) is 4.37. The Morgan fingerprint density at radius 3 is 2.59 bits per heavy atom. The van der Waals surface area contributed by atoms with E-state index in [1.807, 2.05) is 4.90 Å². The maximum Gasteiger partial charge on any atom is 0.325 e. The molecule has 0 unspecified atom stereocenters. The van der Waals surface area contributed by atoms with Crippen LogP contribution in [0.25, 0.3) is 33.2 Å². The molecule has 0 aliphatic carbocycles. The standard InChI is InChI=1S/C23H18ClF2N5O3/c1-2-15(33)30-6-8-31(9-7-30)21-11-10-12(24)16(17-13(25)4-3-5-14(17)32)18(26)19(11)27-22-20(21)28-23(34)29-22/h2-5,10,32H,1,6-9H2,(H2,27,28,29,34). The predicted octanol–water partition coefficient (Wildman–Crippen LogP) is 3.54. The predicted molar refractivity (Wildman–Crippen MR) is 125 cm³/mol. The molecule has 8 nitrogen and oxygen atoms in total. The Morgan fingerprint density at radius 1 is 1.18 bits per heavy atom. The first kappa shape index (κ1) is 21.9. The van der Waals surface area contributed by atoms with Gasteiger partial charge in [0.05, 0.1) is 16.3 Å². The Labute approximate surface area is 196 Å². The second kappa shape index (κ2) is 8.14. The average molecular weight is 486 g/mol. The quantitative estimate of drug-likeness (QED) is 0.385. The maximum absolute atomic E-state index is 15.9. The number of piperazine rings is 1. The molecule has 3 N–H and O–H groups in total. The Bertz CT molecular complexity index is 1520. The van der Waals surface area contributed by atoms with E-state index >= 15 is 4.39 Å². The zero-order valence-electron chi connectivity index (χ0n) is 17.7. The Kier molecular flexibility index (Phi) is 5.24. The van der Waals surface area contributed by atoms with Gasteiger partial charge < -0.3 is 19.9 Å². The van der Waals surface area contributed by atoms with Crippen molar-refractivity contribution in [1.82, 2.24) is 19.9 Å². The maximum atomic E-state index is 15.9. The van der Waals surface area contributed by atoms with E-state index in [9.17, 15) is 19.1 Å². The number of nitrogens with one attached hydrogen (secondary N) is 2. The van der Waals surface area contributed by atoms with E-state index in [0.717, 1.165) is 6.07 Å². The second-order valence-corrected chi connectivity index (χ2v) is 8.26. The van der Waals surface area contributed by atoms with Crippen LogP contribution in [0.1, 0.15) is 0 Å². The molecule has 5 rings (SSSR count). The third-order valence-corrected chi connectivity index (χ3v) is 6.24. The van der Waals surface area contributed by atoms with Gasteiger partial charge in [-0.15, -0.1) is 0 Å². The summed E-state index contributed by atoms with van der Waals surface area (Å²) in [4.78, 5) is 37.1. The zero-order chi connectivity index (χ0) is 24.1. The van der Waals surface area contributed by atoms with E-state index in [0.29, 0.717) is 42.8 Å². The van der Waals surface area contributed by atoms with Crippen molar-refractivity contribution >= 4 is 45.3 Å². The number of pyridine rings is 1. The molecule has 0 saturated carbocycles. The number of amides is 1. The van der Waals surface area contributed by atoms with Gasteiger partial charge in [-0.1, -0.05) is 24.2 Å². The molecule has 11 heteroatoms. The number of phenols is 1. The molecular formula is C23H18ClF2N5O3. The molecular weight excluding hydrogens is 468 g/mol. The molecule has 0 radical (unpaired) electrons. The number of carbonyl (C=O) groups excluding carboxylic acids is 1. The fourth-order valence-corrected chi connectivity index (χ4v) is 4.66. The van der Waals surface area contributed by atoms with Crippen LogP contribution in [0.5, 0.6) is 5.75 Å². The largest absolute Gasteiger partial charge is 0.507 e. The molecule has 3 heterocycles. The minimum Gasteiger partial charge on any atom is -0.507 e. The highest BCUT2D eigenvalue weighted by Crippen LogP contribution is 2.43. The van der Waals surface area contributed by atoms with E-state index in [4.69, 9.17) is 11.6 Å².